The Bertz CT molecular complexity index is 1100. The quantitative estimate of drug-likeness (QED) is 0.496. The van der Waals surface area contributed by atoms with E-state index in [1.54, 1.807) is 22.6 Å². The van der Waals surface area contributed by atoms with Crippen molar-refractivity contribution in [3.63, 3.8) is 0 Å². The Labute approximate surface area is 179 Å². The lowest BCUT2D eigenvalue weighted by molar-refractivity contribution is -0.117. The smallest absolute Gasteiger partial charge is 0.248 e. The molecule has 3 heterocycles. The number of likely N-dealkylation sites (N-methyl/N-ethyl adjacent to an activating group) is 1. The summed E-state index contributed by atoms with van der Waals surface area (Å²) < 4.78 is 1.68. The molecule has 1 aromatic carbocycles. The van der Waals surface area contributed by atoms with Crippen LogP contribution in [0.2, 0.25) is 0 Å². The molecule has 0 fully saturated rings. The molecule has 0 unspecified atom stereocenters. The van der Waals surface area contributed by atoms with Crippen LogP contribution in [-0.2, 0) is 18.3 Å². The largest absolute Gasteiger partial charge is 0.347 e. The average molecular weight is 419 g/mol. The molecule has 0 bridgehead atoms. The van der Waals surface area contributed by atoms with Gasteiger partial charge in [-0.25, -0.2) is 4.98 Å². The predicted molar refractivity (Wildman–Crippen MR) is 120 cm³/mol. The number of nitrogens with one attached hydrogen (secondary N) is 1. The van der Waals surface area contributed by atoms with Gasteiger partial charge in [-0.2, -0.15) is 5.10 Å². The topological polar surface area (TPSA) is 75.9 Å². The second-order valence-electron chi connectivity index (χ2n) is 6.93. The number of pyridine rings is 1. The zero-order chi connectivity index (χ0) is 20.9. The summed E-state index contributed by atoms with van der Waals surface area (Å²) in [6, 6.07) is 15.2. The van der Waals surface area contributed by atoms with Gasteiger partial charge in [-0.05, 0) is 17.7 Å². The van der Waals surface area contributed by atoms with E-state index in [1.165, 1.54) is 11.3 Å². The molecule has 1 amide bonds. The molecule has 4 aromatic rings. The number of amides is 1. The summed E-state index contributed by atoms with van der Waals surface area (Å²) in [4.78, 5) is 23.6. The molecule has 0 radical (unpaired) electrons. The van der Waals surface area contributed by atoms with Gasteiger partial charge in [-0.15, -0.1) is 11.3 Å². The van der Waals surface area contributed by atoms with Crippen molar-refractivity contribution in [2.45, 2.75) is 12.5 Å². The first kappa shape index (κ1) is 19.8. The molecule has 0 aliphatic rings. The van der Waals surface area contributed by atoms with E-state index in [-0.39, 0.29) is 5.91 Å². The fourth-order valence-corrected chi connectivity index (χ4v) is 3.82. The van der Waals surface area contributed by atoms with Gasteiger partial charge in [0.05, 0.1) is 11.2 Å². The zero-order valence-corrected chi connectivity index (χ0v) is 17.6. The Morgan fingerprint density at radius 3 is 2.67 bits per heavy atom. The van der Waals surface area contributed by atoms with Crippen LogP contribution in [0.4, 0.5) is 11.6 Å². The molecule has 0 spiro atoms. The molecule has 152 valence electrons. The minimum Gasteiger partial charge on any atom is -0.347 e. The molecule has 7 nitrogen and oxygen atoms in total. The highest BCUT2D eigenvalue weighted by atomic mass is 32.1. The van der Waals surface area contributed by atoms with Gasteiger partial charge < -0.3 is 10.2 Å². The van der Waals surface area contributed by atoms with Crippen molar-refractivity contribution < 1.29 is 4.79 Å². The Kier molecular flexibility index (Phi) is 5.85. The van der Waals surface area contributed by atoms with Gasteiger partial charge in [-0.3, -0.25) is 14.5 Å². The number of carbonyl (C=O) groups excluding carboxylic acids is 1. The normalized spacial score (nSPS) is 11.8. The van der Waals surface area contributed by atoms with Gasteiger partial charge in [0.15, 0.2) is 0 Å². The van der Waals surface area contributed by atoms with Crippen molar-refractivity contribution in [2.24, 2.45) is 7.05 Å². The van der Waals surface area contributed by atoms with E-state index in [1.807, 2.05) is 72.9 Å². The molecule has 4 rings (SSSR count). The number of carbonyl (C=O) groups is 1. The molecule has 30 heavy (non-hydrogen) atoms. The van der Waals surface area contributed by atoms with E-state index in [0.29, 0.717) is 12.2 Å². The van der Waals surface area contributed by atoms with Crippen molar-refractivity contribution in [3.8, 4) is 11.3 Å². The predicted octanol–water partition coefficient (Wildman–Crippen LogP) is 3.62. The Hall–Kier alpha value is -3.52. The lowest BCUT2D eigenvalue weighted by Gasteiger charge is -2.27. The number of nitrogens with zero attached hydrogens (tertiary/aromatic N) is 5. The highest BCUT2D eigenvalue weighted by Gasteiger charge is 2.26. The summed E-state index contributed by atoms with van der Waals surface area (Å²) in [6.07, 6.45) is 4.01. The number of aromatic nitrogens is 4. The average Bonchev–Trinajstić information content (AvgIpc) is 3.43. The first-order chi connectivity index (χ1) is 14.6. The van der Waals surface area contributed by atoms with E-state index in [9.17, 15) is 4.79 Å². The van der Waals surface area contributed by atoms with Gasteiger partial charge in [0.1, 0.15) is 17.7 Å². The number of hydrogen-bond donors (Lipinski definition) is 1. The first-order valence-electron chi connectivity index (χ1n) is 9.52. The van der Waals surface area contributed by atoms with Crippen LogP contribution in [0.15, 0.2) is 71.8 Å². The third-order valence-corrected chi connectivity index (χ3v) is 5.50. The van der Waals surface area contributed by atoms with Crippen molar-refractivity contribution in [1.29, 1.82) is 0 Å². The molecular weight excluding hydrogens is 396 g/mol. The number of benzene rings is 1. The molecule has 8 heteroatoms. The molecular formula is C22H22N6OS. The van der Waals surface area contributed by atoms with Crippen molar-refractivity contribution in [2.75, 3.05) is 17.3 Å². The maximum Gasteiger partial charge on any atom is 0.248 e. The van der Waals surface area contributed by atoms with E-state index in [0.717, 1.165) is 22.6 Å². The third kappa shape index (κ3) is 4.38. The Morgan fingerprint density at radius 2 is 1.97 bits per heavy atom. The van der Waals surface area contributed by atoms with Gasteiger partial charge in [-0.1, -0.05) is 30.3 Å². The summed E-state index contributed by atoms with van der Waals surface area (Å²) >= 11 is 1.51. The standard InChI is InChI=1S/C22H22N6OS/c1-27(21-14-30-15-24-21)19(12-16-6-4-3-5-7-16)22(29)25-20-13-18(26-28(20)2)17-8-10-23-11-9-17/h3-11,13-15,19H,12H2,1-2H3,(H,25,29)/t19-/m0/s1. The minimum absolute atomic E-state index is 0.112. The lowest BCUT2D eigenvalue weighted by Crippen LogP contribution is -2.44. The molecule has 0 aliphatic heterocycles. The van der Waals surface area contributed by atoms with Gasteiger partial charge in [0.25, 0.3) is 0 Å². The Balaban J connectivity index is 1.58. The second kappa shape index (κ2) is 8.87. The van der Waals surface area contributed by atoms with Crippen LogP contribution in [-0.4, -0.2) is 38.7 Å². The van der Waals surface area contributed by atoms with Crippen LogP contribution in [0.3, 0.4) is 0 Å². The van der Waals surface area contributed by atoms with Gasteiger partial charge in [0, 0.05) is 49.9 Å². The Morgan fingerprint density at radius 1 is 1.20 bits per heavy atom. The van der Waals surface area contributed by atoms with Crippen LogP contribution in [0.1, 0.15) is 5.56 Å². The number of rotatable bonds is 7. The molecule has 0 saturated heterocycles. The fourth-order valence-electron chi connectivity index (χ4n) is 3.24. The van der Waals surface area contributed by atoms with Crippen LogP contribution in [0.5, 0.6) is 0 Å². The summed E-state index contributed by atoms with van der Waals surface area (Å²) in [5.41, 5.74) is 4.58. The van der Waals surface area contributed by atoms with Crippen LogP contribution in [0, 0.1) is 0 Å². The number of aryl methyl sites for hydroxylation is 1. The molecule has 1 N–H and O–H groups in total. The monoisotopic (exact) mass is 418 g/mol. The maximum absolute atomic E-state index is 13.3. The van der Waals surface area contributed by atoms with E-state index >= 15 is 0 Å². The van der Waals surface area contributed by atoms with Crippen molar-refractivity contribution >= 4 is 28.9 Å². The van der Waals surface area contributed by atoms with E-state index in [4.69, 9.17) is 0 Å². The van der Waals surface area contributed by atoms with Crippen molar-refractivity contribution in [1.82, 2.24) is 19.7 Å². The van der Waals surface area contributed by atoms with Crippen LogP contribution in [0.25, 0.3) is 11.3 Å². The molecule has 1 atom stereocenters. The number of anilines is 2. The van der Waals surface area contributed by atoms with Gasteiger partial charge in [0.2, 0.25) is 5.91 Å². The summed E-state index contributed by atoms with van der Waals surface area (Å²) in [6.45, 7) is 0. The second-order valence-corrected chi connectivity index (χ2v) is 7.65. The fraction of sp³-hybridized carbons (Fsp3) is 0.182. The van der Waals surface area contributed by atoms with Gasteiger partial charge >= 0.3 is 0 Å². The minimum atomic E-state index is -0.422. The number of thiazole rings is 1. The molecule has 3 aromatic heterocycles. The van der Waals surface area contributed by atoms with E-state index < -0.39 is 6.04 Å². The summed E-state index contributed by atoms with van der Waals surface area (Å²) in [7, 11) is 3.71. The van der Waals surface area contributed by atoms with Crippen LogP contribution >= 0.6 is 11.3 Å². The lowest BCUT2D eigenvalue weighted by atomic mass is 10.0. The van der Waals surface area contributed by atoms with Crippen molar-refractivity contribution in [3.05, 3.63) is 77.4 Å². The summed E-state index contributed by atoms with van der Waals surface area (Å²) in [5.74, 6) is 1.30. The SMILES string of the molecule is CN(c1cscn1)[C@@H](Cc1ccccc1)C(=O)Nc1cc(-c2ccncc2)nn1C. The molecule has 0 saturated carbocycles. The third-order valence-electron chi connectivity index (χ3n) is 4.93. The first-order valence-corrected chi connectivity index (χ1v) is 10.5. The van der Waals surface area contributed by atoms with Crippen LogP contribution < -0.4 is 10.2 Å². The number of hydrogen-bond acceptors (Lipinski definition) is 6. The molecule has 0 aliphatic carbocycles. The maximum atomic E-state index is 13.3. The highest BCUT2D eigenvalue weighted by Crippen LogP contribution is 2.22. The highest BCUT2D eigenvalue weighted by molar-refractivity contribution is 7.07. The zero-order valence-electron chi connectivity index (χ0n) is 16.8. The summed E-state index contributed by atoms with van der Waals surface area (Å²) in [5, 5.41) is 9.51. The van der Waals surface area contributed by atoms with E-state index in [2.05, 4.69) is 20.4 Å².